The molecule has 6 heteroatoms. The Hall–Kier alpha value is -2.44. The van der Waals surface area contributed by atoms with Gasteiger partial charge in [0.2, 0.25) is 0 Å². The Morgan fingerprint density at radius 2 is 2.08 bits per heavy atom. The Kier molecular flexibility index (Phi) is 4.61. The standard InChI is InChI=1S/C20H20N2O3S/c1-13-5-3-4-6-15(13)19-21-16(12-26-19)20(23)22-9-10-24-11-17(22)18-8-7-14(2)25-18/h3-8,12,17H,9-11H2,1-2H3. The number of benzene rings is 1. The molecule has 0 spiro atoms. The van der Waals surface area contributed by atoms with E-state index in [1.807, 2.05) is 42.6 Å². The molecule has 0 saturated carbocycles. The fourth-order valence-electron chi connectivity index (χ4n) is 3.17. The first kappa shape index (κ1) is 17.0. The van der Waals surface area contributed by atoms with Crippen LogP contribution in [0.2, 0.25) is 0 Å². The maximum Gasteiger partial charge on any atom is 0.274 e. The van der Waals surface area contributed by atoms with Crippen LogP contribution in [-0.2, 0) is 4.74 Å². The number of aryl methyl sites for hydroxylation is 2. The summed E-state index contributed by atoms with van der Waals surface area (Å²) >= 11 is 1.50. The minimum atomic E-state index is -0.214. The van der Waals surface area contributed by atoms with Gasteiger partial charge in [0.15, 0.2) is 0 Å². The lowest BCUT2D eigenvalue weighted by molar-refractivity contribution is -0.00919. The van der Waals surface area contributed by atoms with Gasteiger partial charge in [-0.25, -0.2) is 4.98 Å². The quantitative estimate of drug-likeness (QED) is 0.694. The third kappa shape index (κ3) is 3.18. The smallest absolute Gasteiger partial charge is 0.274 e. The molecule has 0 bridgehead atoms. The maximum absolute atomic E-state index is 13.1. The third-order valence-electron chi connectivity index (χ3n) is 4.58. The topological polar surface area (TPSA) is 55.6 Å². The number of amides is 1. The van der Waals surface area contributed by atoms with Gasteiger partial charge in [-0.15, -0.1) is 11.3 Å². The van der Waals surface area contributed by atoms with Gasteiger partial charge in [-0.1, -0.05) is 24.3 Å². The highest BCUT2D eigenvalue weighted by Gasteiger charge is 2.32. The van der Waals surface area contributed by atoms with Gasteiger partial charge in [0.05, 0.1) is 13.2 Å². The summed E-state index contributed by atoms with van der Waals surface area (Å²) in [5.74, 6) is 1.50. The van der Waals surface area contributed by atoms with E-state index in [1.165, 1.54) is 11.3 Å². The number of aromatic nitrogens is 1. The van der Waals surface area contributed by atoms with Crippen molar-refractivity contribution in [3.05, 3.63) is 64.6 Å². The van der Waals surface area contributed by atoms with Crippen molar-refractivity contribution in [3.63, 3.8) is 0 Å². The first-order chi connectivity index (χ1) is 12.6. The van der Waals surface area contributed by atoms with Crippen LogP contribution in [0.4, 0.5) is 0 Å². The summed E-state index contributed by atoms with van der Waals surface area (Å²) in [6, 6.07) is 11.7. The van der Waals surface area contributed by atoms with Crippen molar-refractivity contribution in [3.8, 4) is 10.6 Å². The number of ether oxygens (including phenoxy) is 1. The Morgan fingerprint density at radius 3 is 2.85 bits per heavy atom. The van der Waals surface area contributed by atoms with Gasteiger partial charge >= 0.3 is 0 Å². The average Bonchev–Trinajstić information content (AvgIpc) is 3.31. The summed E-state index contributed by atoms with van der Waals surface area (Å²) < 4.78 is 11.3. The largest absolute Gasteiger partial charge is 0.464 e. The molecule has 1 aliphatic rings. The summed E-state index contributed by atoms with van der Waals surface area (Å²) in [4.78, 5) is 19.5. The van der Waals surface area contributed by atoms with Gasteiger partial charge in [0.25, 0.3) is 5.91 Å². The van der Waals surface area contributed by atoms with Crippen LogP contribution in [-0.4, -0.2) is 35.5 Å². The highest BCUT2D eigenvalue weighted by atomic mass is 32.1. The molecule has 3 aromatic rings. The molecule has 0 radical (unpaired) electrons. The van der Waals surface area contributed by atoms with E-state index in [0.29, 0.717) is 25.5 Å². The van der Waals surface area contributed by atoms with E-state index in [-0.39, 0.29) is 11.9 Å². The van der Waals surface area contributed by atoms with Crippen LogP contribution in [0.3, 0.4) is 0 Å². The zero-order valence-electron chi connectivity index (χ0n) is 14.8. The first-order valence-corrected chi connectivity index (χ1v) is 9.48. The Labute approximate surface area is 156 Å². The van der Waals surface area contributed by atoms with Crippen molar-refractivity contribution in [1.82, 2.24) is 9.88 Å². The average molecular weight is 368 g/mol. The van der Waals surface area contributed by atoms with Crippen LogP contribution in [0.15, 0.2) is 46.2 Å². The van der Waals surface area contributed by atoms with Gasteiger partial charge in [0, 0.05) is 17.5 Å². The molecular weight excluding hydrogens is 348 g/mol. The molecule has 1 saturated heterocycles. The number of hydrogen-bond acceptors (Lipinski definition) is 5. The number of carbonyl (C=O) groups excluding carboxylic acids is 1. The second-order valence-corrected chi connectivity index (χ2v) is 7.25. The van der Waals surface area contributed by atoms with Crippen LogP contribution in [0, 0.1) is 13.8 Å². The fourth-order valence-corrected chi connectivity index (χ4v) is 4.05. The zero-order valence-corrected chi connectivity index (χ0v) is 15.6. The molecule has 5 nitrogen and oxygen atoms in total. The van der Waals surface area contributed by atoms with E-state index >= 15 is 0 Å². The van der Waals surface area contributed by atoms with Gasteiger partial charge in [-0.05, 0) is 31.5 Å². The molecule has 1 fully saturated rings. The van der Waals surface area contributed by atoms with Crippen molar-refractivity contribution in [1.29, 1.82) is 0 Å². The summed E-state index contributed by atoms with van der Waals surface area (Å²) in [6.07, 6.45) is 0. The minimum Gasteiger partial charge on any atom is -0.464 e. The molecule has 1 aromatic carbocycles. The van der Waals surface area contributed by atoms with Crippen LogP contribution in [0.25, 0.3) is 10.6 Å². The molecule has 0 N–H and O–H groups in total. The summed E-state index contributed by atoms with van der Waals surface area (Å²) in [5.41, 5.74) is 2.69. The molecule has 3 heterocycles. The number of thiazole rings is 1. The van der Waals surface area contributed by atoms with Crippen LogP contribution in [0.5, 0.6) is 0 Å². The number of carbonyl (C=O) groups is 1. The molecule has 1 amide bonds. The van der Waals surface area contributed by atoms with Crippen molar-refractivity contribution in [2.45, 2.75) is 19.9 Å². The monoisotopic (exact) mass is 368 g/mol. The van der Waals surface area contributed by atoms with Gasteiger partial charge in [-0.2, -0.15) is 0 Å². The number of rotatable bonds is 3. The number of furan rings is 1. The first-order valence-electron chi connectivity index (χ1n) is 8.60. The van der Waals surface area contributed by atoms with Gasteiger partial charge in [0.1, 0.15) is 28.3 Å². The third-order valence-corrected chi connectivity index (χ3v) is 5.45. The summed E-state index contributed by atoms with van der Waals surface area (Å²) in [6.45, 7) is 5.44. The lowest BCUT2D eigenvalue weighted by atomic mass is 10.1. The second-order valence-electron chi connectivity index (χ2n) is 6.39. The van der Waals surface area contributed by atoms with Crippen molar-refractivity contribution < 1.29 is 13.9 Å². The van der Waals surface area contributed by atoms with Crippen LogP contribution in [0.1, 0.15) is 33.6 Å². The second kappa shape index (κ2) is 7.05. The minimum absolute atomic E-state index is 0.0802. The molecule has 1 unspecified atom stereocenters. The zero-order chi connectivity index (χ0) is 18.1. The van der Waals surface area contributed by atoms with Crippen molar-refractivity contribution in [2.75, 3.05) is 19.8 Å². The summed E-state index contributed by atoms with van der Waals surface area (Å²) in [5, 5.41) is 2.70. The van der Waals surface area contributed by atoms with Gasteiger partial charge in [-0.3, -0.25) is 4.79 Å². The van der Waals surface area contributed by atoms with Gasteiger partial charge < -0.3 is 14.1 Å². The van der Waals surface area contributed by atoms with Crippen LogP contribution < -0.4 is 0 Å². The Morgan fingerprint density at radius 1 is 1.23 bits per heavy atom. The molecular formula is C20H20N2O3S. The van der Waals surface area contributed by atoms with E-state index < -0.39 is 0 Å². The van der Waals surface area contributed by atoms with Crippen LogP contribution >= 0.6 is 11.3 Å². The molecule has 134 valence electrons. The van der Waals surface area contributed by atoms with E-state index in [4.69, 9.17) is 9.15 Å². The molecule has 4 rings (SSSR count). The fraction of sp³-hybridized carbons (Fsp3) is 0.300. The van der Waals surface area contributed by atoms with Crippen molar-refractivity contribution >= 4 is 17.2 Å². The normalized spacial score (nSPS) is 17.5. The predicted octanol–water partition coefficient (Wildman–Crippen LogP) is 4.23. The molecule has 2 aromatic heterocycles. The Bertz CT molecular complexity index is 931. The lowest BCUT2D eigenvalue weighted by Gasteiger charge is -2.33. The van der Waals surface area contributed by atoms with Crippen molar-refractivity contribution in [2.24, 2.45) is 0 Å². The Balaban J connectivity index is 1.61. The summed E-state index contributed by atoms with van der Waals surface area (Å²) in [7, 11) is 0. The van der Waals surface area contributed by atoms with E-state index in [1.54, 1.807) is 4.90 Å². The van der Waals surface area contributed by atoms with E-state index in [9.17, 15) is 4.79 Å². The molecule has 1 aliphatic heterocycles. The molecule has 1 atom stereocenters. The SMILES string of the molecule is Cc1ccc(C2COCCN2C(=O)c2csc(-c3ccccc3C)n2)o1. The van der Waals surface area contributed by atoms with E-state index in [2.05, 4.69) is 18.0 Å². The number of morpholine rings is 1. The maximum atomic E-state index is 13.1. The van der Waals surface area contributed by atoms with E-state index in [0.717, 1.165) is 27.7 Å². The highest BCUT2D eigenvalue weighted by Crippen LogP contribution is 2.30. The predicted molar refractivity (Wildman–Crippen MR) is 100 cm³/mol. The molecule has 0 aliphatic carbocycles. The lowest BCUT2D eigenvalue weighted by Crippen LogP contribution is -2.43. The number of nitrogens with zero attached hydrogens (tertiary/aromatic N) is 2. The number of hydrogen-bond donors (Lipinski definition) is 0. The molecule has 26 heavy (non-hydrogen) atoms. The highest BCUT2D eigenvalue weighted by molar-refractivity contribution is 7.13.